The van der Waals surface area contributed by atoms with E-state index in [0.717, 1.165) is 18.2 Å². The Morgan fingerprint density at radius 3 is 2.13 bits per heavy atom. The number of alkyl halides is 3. The number of hydrogen-bond acceptors (Lipinski definition) is 4. The van der Waals surface area contributed by atoms with Crippen molar-refractivity contribution >= 4 is 18.1 Å². The summed E-state index contributed by atoms with van der Waals surface area (Å²) in [7, 11) is 0. The Kier molecular flexibility index (Phi) is 5.68. The number of rotatable bonds is 3. The van der Waals surface area contributed by atoms with Gasteiger partial charge in [0, 0.05) is 5.56 Å². The van der Waals surface area contributed by atoms with Gasteiger partial charge in [0.1, 0.15) is 23.0 Å². The molecule has 0 aromatic heterocycles. The van der Waals surface area contributed by atoms with Crippen molar-refractivity contribution < 1.29 is 27.4 Å². The van der Waals surface area contributed by atoms with E-state index in [-0.39, 0.29) is 18.0 Å². The van der Waals surface area contributed by atoms with Gasteiger partial charge in [0.15, 0.2) is 0 Å². The number of phenolic OH excluding ortho intramolecular Hbond substituents is 1. The molecule has 0 heterocycles. The molecule has 0 aliphatic rings. The summed E-state index contributed by atoms with van der Waals surface area (Å²) in [5.41, 5.74) is 11.4. The molecule has 0 fully saturated rings. The molecular formula is C14H13ClF4N2O2. The van der Waals surface area contributed by atoms with Gasteiger partial charge in [-0.1, -0.05) is 18.2 Å². The smallest absolute Gasteiger partial charge is 0.505 e. The summed E-state index contributed by atoms with van der Waals surface area (Å²) in [5.74, 6) is -1.68. The van der Waals surface area contributed by atoms with Gasteiger partial charge >= 0.3 is 6.36 Å². The van der Waals surface area contributed by atoms with Gasteiger partial charge < -0.3 is 21.3 Å². The molecule has 0 unspecified atom stereocenters. The standard InChI is InChI=1S/C14H12F4N2O2.ClH/c15-10-6-5-9(13(21)12(10)20)11(19)7-1-3-8(4-2-7)22-14(16,17)18;/h1-6,11,21H,19-20H2;1H/t11-;/m1./s1. The molecule has 0 aliphatic heterocycles. The zero-order valence-electron chi connectivity index (χ0n) is 11.5. The molecule has 2 aromatic rings. The number of nitrogens with two attached hydrogens (primary N) is 2. The number of ether oxygens (including phenoxy) is 1. The second kappa shape index (κ2) is 6.93. The zero-order chi connectivity index (χ0) is 16.5. The highest BCUT2D eigenvalue weighted by Gasteiger charge is 2.31. The van der Waals surface area contributed by atoms with Crippen LogP contribution in [0.2, 0.25) is 0 Å². The molecule has 23 heavy (non-hydrogen) atoms. The number of benzene rings is 2. The summed E-state index contributed by atoms with van der Waals surface area (Å²) in [4.78, 5) is 0. The number of aromatic hydroxyl groups is 1. The van der Waals surface area contributed by atoms with Crippen LogP contribution in [0.15, 0.2) is 36.4 Å². The van der Waals surface area contributed by atoms with E-state index in [0.29, 0.717) is 5.56 Å². The van der Waals surface area contributed by atoms with Gasteiger partial charge in [0.05, 0.1) is 6.04 Å². The second-order valence-corrected chi connectivity index (χ2v) is 4.49. The summed E-state index contributed by atoms with van der Waals surface area (Å²) in [5, 5.41) is 9.80. The third-order valence-corrected chi connectivity index (χ3v) is 3.00. The predicted molar refractivity (Wildman–Crippen MR) is 78.9 cm³/mol. The lowest BCUT2D eigenvalue weighted by atomic mass is 9.98. The minimum absolute atomic E-state index is 0. The van der Waals surface area contributed by atoms with E-state index in [1.165, 1.54) is 18.2 Å². The number of anilines is 1. The van der Waals surface area contributed by atoms with E-state index < -0.39 is 35.4 Å². The van der Waals surface area contributed by atoms with Crippen molar-refractivity contribution in [2.24, 2.45) is 5.73 Å². The monoisotopic (exact) mass is 352 g/mol. The summed E-state index contributed by atoms with van der Waals surface area (Å²) in [6.07, 6.45) is -4.78. The Morgan fingerprint density at radius 1 is 1.04 bits per heavy atom. The third kappa shape index (κ3) is 4.40. The second-order valence-electron chi connectivity index (χ2n) is 4.49. The molecule has 0 saturated carbocycles. The topological polar surface area (TPSA) is 81.5 Å². The molecule has 0 spiro atoms. The Bertz CT molecular complexity index is 678. The molecule has 2 rings (SSSR count). The van der Waals surface area contributed by atoms with E-state index in [1.54, 1.807) is 0 Å². The highest BCUT2D eigenvalue weighted by atomic mass is 35.5. The lowest BCUT2D eigenvalue weighted by Gasteiger charge is -2.16. The molecule has 5 N–H and O–H groups in total. The number of phenols is 1. The molecule has 126 valence electrons. The first-order valence-electron chi connectivity index (χ1n) is 6.07. The van der Waals surface area contributed by atoms with E-state index in [4.69, 9.17) is 11.5 Å². The molecule has 1 atom stereocenters. The number of hydrogen-bond donors (Lipinski definition) is 3. The molecule has 9 heteroatoms. The van der Waals surface area contributed by atoms with Gasteiger partial charge in [0.25, 0.3) is 0 Å². The lowest BCUT2D eigenvalue weighted by molar-refractivity contribution is -0.274. The maximum atomic E-state index is 13.2. The van der Waals surface area contributed by atoms with E-state index in [2.05, 4.69) is 4.74 Å². The lowest BCUT2D eigenvalue weighted by Crippen LogP contribution is -2.17. The molecule has 2 aromatic carbocycles. The predicted octanol–water partition coefficient (Wildman–Crippen LogP) is 3.48. The highest BCUT2D eigenvalue weighted by Crippen LogP contribution is 2.34. The van der Waals surface area contributed by atoms with Gasteiger partial charge in [-0.05, 0) is 23.8 Å². The average Bonchev–Trinajstić information content (AvgIpc) is 2.43. The summed E-state index contributed by atoms with van der Waals surface area (Å²) >= 11 is 0. The minimum atomic E-state index is -4.78. The molecule has 0 amide bonds. The fourth-order valence-corrected chi connectivity index (χ4v) is 1.91. The van der Waals surface area contributed by atoms with Crippen LogP contribution in [0.25, 0.3) is 0 Å². The first kappa shape index (κ1) is 18.9. The van der Waals surface area contributed by atoms with Crippen LogP contribution in [0.5, 0.6) is 11.5 Å². The quantitative estimate of drug-likeness (QED) is 0.449. The van der Waals surface area contributed by atoms with Crippen LogP contribution < -0.4 is 16.2 Å². The Hall–Kier alpha value is -2.19. The molecular weight excluding hydrogens is 340 g/mol. The van der Waals surface area contributed by atoms with Crippen LogP contribution in [0.4, 0.5) is 23.2 Å². The van der Waals surface area contributed by atoms with Gasteiger partial charge in [-0.15, -0.1) is 25.6 Å². The molecule has 0 radical (unpaired) electrons. The van der Waals surface area contributed by atoms with Crippen molar-refractivity contribution in [3.63, 3.8) is 0 Å². The van der Waals surface area contributed by atoms with Crippen molar-refractivity contribution in [1.82, 2.24) is 0 Å². The summed E-state index contributed by atoms with van der Waals surface area (Å²) in [6, 6.07) is 6.22. The summed E-state index contributed by atoms with van der Waals surface area (Å²) < 4.78 is 53.1. The summed E-state index contributed by atoms with van der Waals surface area (Å²) in [6.45, 7) is 0. The fraction of sp³-hybridized carbons (Fsp3) is 0.143. The molecule has 0 bridgehead atoms. The van der Waals surface area contributed by atoms with Gasteiger partial charge in [-0.2, -0.15) is 0 Å². The molecule has 4 nitrogen and oxygen atoms in total. The van der Waals surface area contributed by atoms with Crippen LogP contribution in [0.1, 0.15) is 17.2 Å². The van der Waals surface area contributed by atoms with Crippen molar-refractivity contribution in [3.05, 3.63) is 53.3 Å². The van der Waals surface area contributed by atoms with Crippen molar-refractivity contribution in [1.29, 1.82) is 0 Å². The Balaban J connectivity index is 0.00000264. The average molecular weight is 353 g/mol. The van der Waals surface area contributed by atoms with Crippen LogP contribution in [0.3, 0.4) is 0 Å². The normalized spacial score (nSPS) is 12.4. The van der Waals surface area contributed by atoms with Crippen LogP contribution in [-0.2, 0) is 0 Å². The van der Waals surface area contributed by atoms with Gasteiger partial charge in [-0.3, -0.25) is 0 Å². The first-order chi connectivity index (χ1) is 10.2. The number of halogens is 5. The molecule has 0 saturated heterocycles. The van der Waals surface area contributed by atoms with Gasteiger partial charge in [-0.25, -0.2) is 4.39 Å². The van der Waals surface area contributed by atoms with Crippen LogP contribution in [0, 0.1) is 5.82 Å². The van der Waals surface area contributed by atoms with E-state index >= 15 is 0 Å². The van der Waals surface area contributed by atoms with E-state index in [1.807, 2.05) is 0 Å². The third-order valence-electron chi connectivity index (χ3n) is 3.00. The van der Waals surface area contributed by atoms with Crippen molar-refractivity contribution in [2.75, 3.05) is 5.73 Å². The van der Waals surface area contributed by atoms with E-state index in [9.17, 15) is 22.7 Å². The maximum absolute atomic E-state index is 13.2. The zero-order valence-corrected chi connectivity index (χ0v) is 12.3. The molecule has 0 aliphatic carbocycles. The Morgan fingerprint density at radius 2 is 1.61 bits per heavy atom. The SMILES string of the molecule is Cl.Nc1c(F)ccc([C@H](N)c2ccc(OC(F)(F)F)cc2)c1O. The van der Waals surface area contributed by atoms with Crippen molar-refractivity contribution in [2.45, 2.75) is 12.4 Å². The maximum Gasteiger partial charge on any atom is 0.573 e. The largest absolute Gasteiger partial charge is 0.573 e. The highest BCUT2D eigenvalue weighted by molar-refractivity contribution is 5.85. The fourth-order valence-electron chi connectivity index (χ4n) is 1.91. The number of nitrogen functional groups attached to an aromatic ring is 1. The van der Waals surface area contributed by atoms with Crippen LogP contribution >= 0.6 is 12.4 Å². The Labute approximate surface area is 135 Å². The minimum Gasteiger partial charge on any atom is -0.505 e. The first-order valence-corrected chi connectivity index (χ1v) is 6.07. The van der Waals surface area contributed by atoms with Gasteiger partial charge in [0.2, 0.25) is 0 Å². The van der Waals surface area contributed by atoms with Crippen molar-refractivity contribution in [3.8, 4) is 11.5 Å². The van der Waals surface area contributed by atoms with Crippen LogP contribution in [-0.4, -0.2) is 11.5 Å².